The van der Waals surface area contributed by atoms with E-state index >= 15 is 0 Å². The van der Waals surface area contributed by atoms with Gasteiger partial charge in [0.1, 0.15) is 19.0 Å². The molecule has 0 aliphatic heterocycles. The molecule has 36 heavy (non-hydrogen) atoms. The second-order valence-corrected chi connectivity index (χ2v) is 9.61. The lowest BCUT2D eigenvalue weighted by atomic mass is 10.0. The molecule has 190 valence electrons. The standard InChI is InChI=1S/C28H32BrN3O3S/c1-5-33-26-17-21(18-30-32-28(36)31-22-9-7-6-8-10-22)16-24(29)27(26)35-14-13-34-25-15-20(4)11-12-23(25)19(2)3/h6-12,15-19H,5,13-14H2,1-4H3,(H2,31,32,36)/b30-18+. The minimum absolute atomic E-state index is 0.374. The molecule has 8 heteroatoms. The quantitative estimate of drug-likeness (QED) is 0.111. The number of thiocarbonyl (C=S) groups is 1. The number of benzene rings is 3. The maximum Gasteiger partial charge on any atom is 0.191 e. The molecule has 0 saturated heterocycles. The zero-order valence-electron chi connectivity index (χ0n) is 21.0. The molecular weight excluding hydrogens is 538 g/mol. The maximum atomic E-state index is 6.05. The molecule has 3 rings (SSSR count). The van der Waals surface area contributed by atoms with Gasteiger partial charge in [0.05, 0.1) is 17.3 Å². The van der Waals surface area contributed by atoms with Crippen LogP contribution in [0.25, 0.3) is 0 Å². The number of nitrogens with one attached hydrogen (secondary N) is 2. The highest BCUT2D eigenvalue weighted by atomic mass is 79.9. The summed E-state index contributed by atoms with van der Waals surface area (Å²) < 4.78 is 18.7. The van der Waals surface area contributed by atoms with Crippen LogP contribution in [0.15, 0.2) is 70.2 Å². The number of para-hydroxylation sites is 1. The van der Waals surface area contributed by atoms with Gasteiger partial charge in [-0.2, -0.15) is 5.10 Å². The van der Waals surface area contributed by atoms with Crippen molar-refractivity contribution >= 4 is 45.2 Å². The highest BCUT2D eigenvalue weighted by molar-refractivity contribution is 9.10. The van der Waals surface area contributed by atoms with Crippen LogP contribution < -0.4 is 25.0 Å². The van der Waals surface area contributed by atoms with Crippen molar-refractivity contribution in [1.82, 2.24) is 5.43 Å². The van der Waals surface area contributed by atoms with E-state index in [0.717, 1.165) is 21.5 Å². The highest BCUT2D eigenvalue weighted by Crippen LogP contribution is 2.36. The van der Waals surface area contributed by atoms with Gasteiger partial charge in [-0.15, -0.1) is 0 Å². The van der Waals surface area contributed by atoms with E-state index in [9.17, 15) is 0 Å². The zero-order valence-corrected chi connectivity index (χ0v) is 23.4. The predicted molar refractivity (Wildman–Crippen MR) is 155 cm³/mol. The SMILES string of the molecule is CCOc1cc(/C=N/NC(=S)Nc2ccccc2)cc(Br)c1OCCOc1cc(C)ccc1C(C)C. The predicted octanol–water partition coefficient (Wildman–Crippen LogP) is 7.06. The molecule has 0 fully saturated rings. The number of halogens is 1. The largest absolute Gasteiger partial charge is 0.490 e. The summed E-state index contributed by atoms with van der Waals surface area (Å²) in [6, 6.07) is 19.8. The Morgan fingerprint density at radius 1 is 1.00 bits per heavy atom. The van der Waals surface area contributed by atoms with E-state index < -0.39 is 0 Å². The van der Waals surface area contributed by atoms with Crippen molar-refractivity contribution in [3.63, 3.8) is 0 Å². The lowest BCUT2D eigenvalue weighted by Crippen LogP contribution is -2.23. The molecule has 0 radical (unpaired) electrons. The number of ether oxygens (including phenoxy) is 3. The molecule has 0 saturated carbocycles. The fraction of sp³-hybridized carbons (Fsp3) is 0.286. The van der Waals surface area contributed by atoms with Gasteiger partial charge in [0.2, 0.25) is 0 Å². The van der Waals surface area contributed by atoms with Crippen LogP contribution in [-0.4, -0.2) is 31.1 Å². The van der Waals surface area contributed by atoms with Gasteiger partial charge < -0.3 is 19.5 Å². The van der Waals surface area contributed by atoms with Crippen molar-refractivity contribution in [2.75, 3.05) is 25.1 Å². The number of aryl methyl sites for hydroxylation is 1. The zero-order chi connectivity index (χ0) is 25.9. The number of hydrogen-bond acceptors (Lipinski definition) is 5. The van der Waals surface area contributed by atoms with Gasteiger partial charge in [0.25, 0.3) is 0 Å². The Morgan fingerprint density at radius 3 is 2.47 bits per heavy atom. The van der Waals surface area contributed by atoms with E-state index in [0.29, 0.717) is 42.4 Å². The molecular formula is C28H32BrN3O3S. The Hall–Kier alpha value is -3.10. The summed E-state index contributed by atoms with van der Waals surface area (Å²) in [4.78, 5) is 0. The summed E-state index contributed by atoms with van der Waals surface area (Å²) in [5.74, 6) is 2.53. The fourth-order valence-corrected chi connectivity index (χ4v) is 4.20. The number of hydrogen-bond donors (Lipinski definition) is 2. The molecule has 0 unspecified atom stereocenters. The molecule has 3 aromatic rings. The molecule has 0 heterocycles. The first kappa shape index (κ1) is 27.5. The molecule has 0 aliphatic rings. The molecule has 0 aromatic heterocycles. The van der Waals surface area contributed by atoms with Crippen molar-refractivity contribution in [3.05, 3.63) is 81.8 Å². The summed E-state index contributed by atoms with van der Waals surface area (Å²) >= 11 is 8.89. The van der Waals surface area contributed by atoms with Crippen LogP contribution in [0.4, 0.5) is 5.69 Å². The molecule has 0 spiro atoms. The Bertz CT molecular complexity index is 1190. The highest BCUT2D eigenvalue weighted by Gasteiger charge is 2.13. The third-order valence-electron chi connectivity index (χ3n) is 5.12. The van der Waals surface area contributed by atoms with Crippen LogP contribution in [0.2, 0.25) is 0 Å². The summed E-state index contributed by atoms with van der Waals surface area (Å²) in [6.45, 7) is 9.61. The Labute approximate surface area is 227 Å². The average Bonchev–Trinajstić information content (AvgIpc) is 2.83. The van der Waals surface area contributed by atoms with Crippen LogP contribution in [0.3, 0.4) is 0 Å². The van der Waals surface area contributed by atoms with E-state index in [2.05, 4.69) is 70.7 Å². The molecule has 0 atom stereocenters. The first-order chi connectivity index (χ1) is 17.4. The molecule has 2 N–H and O–H groups in total. The van der Waals surface area contributed by atoms with Gasteiger partial charge in [0, 0.05) is 5.69 Å². The summed E-state index contributed by atoms with van der Waals surface area (Å²) in [5, 5.41) is 7.71. The van der Waals surface area contributed by atoms with Crippen LogP contribution in [0, 0.1) is 6.92 Å². The third-order valence-corrected chi connectivity index (χ3v) is 5.90. The van der Waals surface area contributed by atoms with Crippen LogP contribution in [-0.2, 0) is 0 Å². The van der Waals surface area contributed by atoms with E-state index in [4.69, 9.17) is 26.4 Å². The number of rotatable bonds is 11. The summed E-state index contributed by atoms with van der Waals surface area (Å²) in [6.07, 6.45) is 1.67. The van der Waals surface area contributed by atoms with Crippen molar-refractivity contribution in [2.24, 2.45) is 5.10 Å². The average molecular weight is 571 g/mol. The molecule has 3 aromatic carbocycles. The second-order valence-electron chi connectivity index (χ2n) is 8.35. The molecule has 0 aliphatic carbocycles. The summed E-state index contributed by atoms with van der Waals surface area (Å²) in [7, 11) is 0. The lowest BCUT2D eigenvalue weighted by Gasteiger charge is -2.17. The fourth-order valence-electron chi connectivity index (χ4n) is 3.45. The topological polar surface area (TPSA) is 64.1 Å². The van der Waals surface area contributed by atoms with Crippen molar-refractivity contribution in [2.45, 2.75) is 33.6 Å². The minimum Gasteiger partial charge on any atom is -0.490 e. The normalized spacial score (nSPS) is 10.9. The minimum atomic E-state index is 0.374. The van der Waals surface area contributed by atoms with Gasteiger partial charge in [-0.25, -0.2) is 0 Å². The molecule has 0 bridgehead atoms. The number of hydrazone groups is 1. The van der Waals surface area contributed by atoms with Gasteiger partial charge in [-0.3, -0.25) is 5.43 Å². The Balaban J connectivity index is 1.60. The smallest absolute Gasteiger partial charge is 0.191 e. The number of anilines is 1. The molecule has 0 amide bonds. The van der Waals surface area contributed by atoms with E-state index in [1.54, 1.807) is 6.21 Å². The van der Waals surface area contributed by atoms with Gasteiger partial charge in [-0.05, 0) is 94.9 Å². The monoisotopic (exact) mass is 569 g/mol. The second kappa shape index (κ2) is 13.8. The van der Waals surface area contributed by atoms with Crippen LogP contribution in [0.1, 0.15) is 43.4 Å². The van der Waals surface area contributed by atoms with Crippen LogP contribution >= 0.6 is 28.1 Å². The summed E-state index contributed by atoms with van der Waals surface area (Å²) in [5.41, 5.74) is 6.89. The molecule has 6 nitrogen and oxygen atoms in total. The van der Waals surface area contributed by atoms with Crippen molar-refractivity contribution in [3.8, 4) is 17.2 Å². The first-order valence-corrected chi connectivity index (χ1v) is 13.0. The van der Waals surface area contributed by atoms with Crippen LogP contribution in [0.5, 0.6) is 17.2 Å². The Morgan fingerprint density at radius 2 is 1.75 bits per heavy atom. The van der Waals surface area contributed by atoms with Gasteiger partial charge in [0.15, 0.2) is 16.6 Å². The van der Waals surface area contributed by atoms with E-state index in [-0.39, 0.29) is 0 Å². The van der Waals surface area contributed by atoms with Crippen molar-refractivity contribution in [1.29, 1.82) is 0 Å². The van der Waals surface area contributed by atoms with E-state index in [1.165, 1.54) is 11.1 Å². The number of nitrogens with zero attached hydrogens (tertiary/aromatic N) is 1. The Kier molecular flexibility index (Phi) is 10.6. The van der Waals surface area contributed by atoms with E-state index in [1.807, 2.05) is 49.4 Å². The van der Waals surface area contributed by atoms with Crippen molar-refractivity contribution < 1.29 is 14.2 Å². The lowest BCUT2D eigenvalue weighted by molar-refractivity contribution is 0.206. The third kappa shape index (κ3) is 8.24. The first-order valence-electron chi connectivity index (χ1n) is 11.8. The maximum absolute atomic E-state index is 6.05. The van der Waals surface area contributed by atoms with Gasteiger partial charge in [-0.1, -0.05) is 44.2 Å². The van der Waals surface area contributed by atoms with Gasteiger partial charge >= 0.3 is 0 Å².